The number of aromatic nitrogens is 1. The number of pyridine rings is 1. The summed E-state index contributed by atoms with van der Waals surface area (Å²) < 4.78 is 16.6. The van der Waals surface area contributed by atoms with Gasteiger partial charge in [-0.2, -0.15) is 0 Å². The lowest BCUT2D eigenvalue weighted by Gasteiger charge is -1.95. The van der Waals surface area contributed by atoms with E-state index in [2.05, 4.69) is 9.72 Å². The molecule has 1 rings (SSSR count). The quantitative estimate of drug-likeness (QED) is 0.646. The van der Waals surface area contributed by atoms with Crippen LogP contribution in [0.3, 0.4) is 0 Å². The first-order chi connectivity index (χ1) is 5.33. The number of hydrogen-bond acceptors (Lipinski definition) is 3. The van der Waals surface area contributed by atoms with Crippen molar-refractivity contribution < 1.29 is 13.9 Å². The molecule has 0 aliphatic carbocycles. The molecule has 1 aromatic heterocycles. The predicted octanol–water partition coefficient (Wildman–Crippen LogP) is 0.804. The van der Waals surface area contributed by atoms with Gasteiger partial charge < -0.3 is 4.74 Å². The van der Waals surface area contributed by atoms with E-state index in [-0.39, 0.29) is 6.61 Å². The molecule has 11 heavy (non-hydrogen) atoms. The maximum absolute atomic E-state index is 12.4. The van der Waals surface area contributed by atoms with E-state index in [1.807, 2.05) is 0 Å². The highest BCUT2D eigenvalue weighted by molar-refractivity contribution is 5.38. The van der Waals surface area contributed by atoms with Gasteiger partial charge in [-0.1, -0.05) is 0 Å². The van der Waals surface area contributed by atoms with Crippen LogP contribution in [-0.2, 0) is 16.1 Å². The van der Waals surface area contributed by atoms with Crippen LogP contribution >= 0.6 is 0 Å². The Morgan fingerprint density at radius 2 is 2.55 bits per heavy atom. The molecule has 1 heterocycles. The maximum Gasteiger partial charge on any atom is 0.417 e. The second kappa shape index (κ2) is 3.65. The SMILES string of the molecule is O=[C]OCc1cc(F)ccn1. The second-order valence-corrected chi connectivity index (χ2v) is 1.84. The summed E-state index contributed by atoms with van der Waals surface area (Å²) in [7, 11) is 0. The molecule has 1 aromatic rings. The number of nitrogens with zero attached hydrogens (tertiary/aromatic N) is 1. The molecule has 0 amide bonds. The Morgan fingerprint density at radius 1 is 1.73 bits per heavy atom. The van der Waals surface area contributed by atoms with Gasteiger partial charge in [-0.15, -0.1) is 0 Å². The summed E-state index contributed by atoms with van der Waals surface area (Å²) >= 11 is 0. The Balaban J connectivity index is 2.63. The lowest BCUT2D eigenvalue weighted by atomic mass is 10.3. The average molecular weight is 154 g/mol. The van der Waals surface area contributed by atoms with Gasteiger partial charge in [-0.3, -0.25) is 4.98 Å². The van der Waals surface area contributed by atoms with Gasteiger partial charge in [0.2, 0.25) is 0 Å². The first-order valence-electron chi connectivity index (χ1n) is 2.92. The first-order valence-corrected chi connectivity index (χ1v) is 2.92. The summed E-state index contributed by atoms with van der Waals surface area (Å²) in [5.41, 5.74) is 0.369. The molecule has 0 aromatic carbocycles. The van der Waals surface area contributed by atoms with E-state index in [1.54, 1.807) is 0 Å². The number of ether oxygens (including phenoxy) is 1. The zero-order chi connectivity index (χ0) is 8.10. The third-order valence-corrected chi connectivity index (χ3v) is 1.06. The van der Waals surface area contributed by atoms with Gasteiger partial charge in [-0.25, -0.2) is 9.18 Å². The summed E-state index contributed by atoms with van der Waals surface area (Å²) in [5, 5.41) is 0. The van der Waals surface area contributed by atoms with Crippen molar-refractivity contribution >= 4 is 6.47 Å². The second-order valence-electron chi connectivity index (χ2n) is 1.84. The molecule has 0 unspecified atom stereocenters. The van der Waals surface area contributed by atoms with E-state index in [9.17, 15) is 9.18 Å². The number of carbonyl (C=O) groups excluding carboxylic acids is 1. The lowest BCUT2D eigenvalue weighted by molar-refractivity contribution is 0.262. The zero-order valence-corrected chi connectivity index (χ0v) is 5.58. The van der Waals surface area contributed by atoms with Crippen LogP contribution in [0.1, 0.15) is 5.69 Å². The first kappa shape index (κ1) is 7.65. The Hall–Kier alpha value is -1.45. The van der Waals surface area contributed by atoms with Crippen LogP contribution in [0, 0.1) is 5.82 Å². The molecule has 0 bridgehead atoms. The Bertz CT molecular complexity index is 252. The fraction of sp³-hybridized carbons (Fsp3) is 0.143. The summed E-state index contributed by atoms with van der Waals surface area (Å²) in [4.78, 5) is 13.3. The van der Waals surface area contributed by atoms with E-state index in [0.29, 0.717) is 5.69 Å². The largest absolute Gasteiger partial charge is 0.451 e. The van der Waals surface area contributed by atoms with Gasteiger partial charge in [0.15, 0.2) is 0 Å². The molecule has 0 spiro atoms. The van der Waals surface area contributed by atoms with Crippen molar-refractivity contribution in [3.8, 4) is 0 Å². The van der Waals surface area contributed by atoms with Gasteiger partial charge in [0.1, 0.15) is 12.4 Å². The van der Waals surface area contributed by atoms with Gasteiger partial charge in [0.05, 0.1) is 5.69 Å². The highest BCUT2D eigenvalue weighted by Crippen LogP contribution is 1.99. The van der Waals surface area contributed by atoms with Crippen LogP contribution in [0.25, 0.3) is 0 Å². The van der Waals surface area contributed by atoms with E-state index in [4.69, 9.17) is 0 Å². The van der Waals surface area contributed by atoms with Crippen LogP contribution in [0.4, 0.5) is 4.39 Å². The summed E-state index contributed by atoms with van der Waals surface area (Å²) in [5.74, 6) is -0.399. The number of hydrogen-bond donors (Lipinski definition) is 0. The van der Waals surface area contributed by atoms with Crippen molar-refractivity contribution in [1.29, 1.82) is 0 Å². The highest BCUT2D eigenvalue weighted by atomic mass is 19.1. The molecule has 1 radical (unpaired) electrons. The van der Waals surface area contributed by atoms with Gasteiger partial charge in [0, 0.05) is 6.20 Å². The van der Waals surface area contributed by atoms with Crippen LogP contribution in [0.15, 0.2) is 18.3 Å². The standard InChI is InChI=1S/C7H5FNO2/c8-6-1-2-9-7(3-6)4-11-5-10/h1-3H,4H2. The van der Waals surface area contributed by atoms with Crippen molar-refractivity contribution in [2.45, 2.75) is 6.61 Å². The molecule has 4 heteroatoms. The molecule has 0 saturated carbocycles. The van der Waals surface area contributed by atoms with Crippen LogP contribution in [0.5, 0.6) is 0 Å². The minimum absolute atomic E-state index is 0.0404. The normalized spacial score (nSPS) is 9.18. The van der Waals surface area contributed by atoms with Crippen LogP contribution < -0.4 is 0 Å². The molecular formula is C7H5FNO2. The summed E-state index contributed by atoms with van der Waals surface area (Å²) in [6.07, 6.45) is 1.30. The third kappa shape index (κ3) is 2.33. The molecule has 3 nitrogen and oxygen atoms in total. The van der Waals surface area contributed by atoms with Gasteiger partial charge in [0.25, 0.3) is 0 Å². The molecule has 0 saturated heterocycles. The Kier molecular flexibility index (Phi) is 2.54. The molecule has 0 atom stereocenters. The smallest absolute Gasteiger partial charge is 0.417 e. The predicted molar refractivity (Wildman–Crippen MR) is 34.7 cm³/mol. The molecular weight excluding hydrogens is 149 g/mol. The van der Waals surface area contributed by atoms with Gasteiger partial charge in [-0.05, 0) is 12.1 Å². The van der Waals surface area contributed by atoms with Gasteiger partial charge >= 0.3 is 6.47 Å². The minimum Gasteiger partial charge on any atom is -0.451 e. The van der Waals surface area contributed by atoms with Crippen molar-refractivity contribution in [3.05, 3.63) is 29.8 Å². The molecule has 0 aliphatic rings. The third-order valence-electron chi connectivity index (χ3n) is 1.06. The lowest BCUT2D eigenvalue weighted by Crippen LogP contribution is -1.93. The topological polar surface area (TPSA) is 39.2 Å². The molecule has 0 N–H and O–H groups in total. The highest BCUT2D eigenvalue weighted by Gasteiger charge is 1.95. The van der Waals surface area contributed by atoms with E-state index >= 15 is 0 Å². The minimum atomic E-state index is -0.399. The Labute approximate surface area is 62.8 Å². The average Bonchev–Trinajstić information content (AvgIpc) is 2.01. The summed E-state index contributed by atoms with van der Waals surface area (Å²) in [6.45, 7) is 1.18. The van der Waals surface area contributed by atoms with E-state index in [0.717, 1.165) is 0 Å². The molecule has 0 aliphatic heterocycles. The van der Waals surface area contributed by atoms with Crippen molar-refractivity contribution in [1.82, 2.24) is 4.98 Å². The fourth-order valence-corrected chi connectivity index (χ4v) is 0.631. The van der Waals surface area contributed by atoms with Crippen molar-refractivity contribution in [3.63, 3.8) is 0 Å². The fourth-order valence-electron chi connectivity index (χ4n) is 0.631. The van der Waals surface area contributed by atoms with E-state index in [1.165, 1.54) is 24.8 Å². The maximum atomic E-state index is 12.4. The zero-order valence-electron chi connectivity index (χ0n) is 5.58. The van der Waals surface area contributed by atoms with Crippen LogP contribution in [0.2, 0.25) is 0 Å². The van der Waals surface area contributed by atoms with Crippen molar-refractivity contribution in [2.75, 3.05) is 0 Å². The van der Waals surface area contributed by atoms with Crippen molar-refractivity contribution in [2.24, 2.45) is 0 Å². The molecule has 57 valence electrons. The molecule has 0 fully saturated rings. The number of halogens is 1. The Morgan fingerprint density at radius 3 is 3.18 bits per heavy atom. The van der Waals surface area contributed by atoms with Crippen LogP contribution in [-0.4, -0.2) is 11.5 Å². The number of rotatable bonds is 3. The monoisotopic (exact) mass is 154 g/mol. The van der Waals surface area contributed by atoms with E-state index < -0.39 is 5.82 Å². The summed E-state index contributed by atoms with van der Waals surface area (Å²) in [6, 6.07) is 2.41.